The van der Waals surface area contributed by atoms with Crippen molar-refractivity contribution in [2.45, 2.75) is 31.2 Å². The molecule has 0 radical (unpaired) electrons. The van der Waals surface area contributed by atoms with Gasteiger partial charge in [-0.05, 0) is 49.6 Å². The van der Waals surface area contributed by atoms with Crippen molar-refractivity contribution in [1.29, 1.82) is 5.26 Å². The van der Waals surface area contributed by atoms with Crippen molar-refractivity contribution in [3.05, 3.63) is 72.2 Å². The highest BCUT2D eigenvalue weighted by Gasteiger charge is 2.44. The van der Waals surface area contributed by atoms with Gasteiger partial charge in [-0.1, -0.05) is 18.2 Å². The van der Waals surface area contributed by atoms with Crippen LogP contribution in [0, 0.1) is 11.3 Å². The summed E-state index contributed by atoms with van der Waals surface area (Å²) in [5.41, 5.74) is 1.15. The zero-order valence-corrected chi connectivity index (χ0v) is 18.5. The standard InChI is InChI=1S/C25H25N7O/c1-18-16-31(22-4-2-3-11-27-22)12-13-32(18)23-15-28-21(14-29-23)30-24(33)19-5-7-20(8-6-19)25(17-26)9-10-25/h2-8,11,14-15,18H,9-10,12-13,16H2,1H3,(H,28,30,33)/t18-/m0/s1. The molecule has 33 heavy (non-hydrogen) atoms. The molecule has 1 saturated carbocycles. The van der Waals surface area contributed by atoms with E-state index in [4.69, 9.17) is 0 Å². The second-order valence-corrected chi connectivity index (χ2v) is 8.66. The predicted molar refractivity (Wildman–Crippen MR) is 126 cm³/mol. The molecule has 1 aromatic carbocycles. The Morgan fingerprint density at radius 3 is 2.48 bits per heavy atom. The van der Waals surface area contributed by atoms with Crippen LogP contribution in [-0.4, -0.2) is 46.5 Å². The van der Waals surface area contributed by atoms with Crippen LogP contribution in [0.15, 0.2) is 61.1 Å². The maximum atomic E-state index is 12.6. The van der Waals surface area contributed by atoms with Gasteiger partial charge in [0.05, 0.1) is 23.9 Å². The van der Waals surface area contributed by atoms with E-state index in [1.807, 2.05) is 36.5 Å². The first-order valence-corrected chi connectivity index (χ1v) is 11.2. The Hall–Kier alpha value is -3.99. The van der Waals surface area contributed by atoms with Gasteiger partial charge in [0.1, 0.15) is 11.6 Å². The molecular weight excluding hydrogens is 414 g/mol. The number of pyridine rings is 1. The van der Waals surface area contributed by atoms with E-state index >= 15 is 0 Å². The number of nitrogens with one attached hydrogen (secondary N) is 1. The lowest BCUT2D eigenvalue weighted by Crippen LogP contribution is -2.52. The van der Waals surface area contributed by atoms with Gasteiger partial charge in [0.2, 0.25) is 0 Å². The molecule has 2 aliphatic rings. The Kier molecular flexibility index (Phi) is 5.38. The predicted octanol–water partition coefficient (Wildman–Crippen LogP) is 3.39. The third kappa shape index (κ3) is 4.22. The summed E-state index contributed by atoms with van der Waals surface area (Å²) in [7, 11) is 0. The monoisotopic (exact) mass is 439 g/mol. The molecule has 2 aromatic heterocycles. The summed E-state index contributed by atoms with van der Waals surface area (Å²) in [6.07, 6.45) is 6.88. The normalized spacial score (nSPS) is 19.0. The number of aromatic nitrogens is 3. The summed E-state index contributed by atoms with van der Waals surface area (Å²) in [4.78, 5) is 30.5. The highest BCUT2D eigenvalue weighted by molar-refractivity contribution is 6.03. The number of hydrogen-bond donors (Lipinski definition) is 1. The summed E-state index contributed by atoms with van der Waals surface area (Å²) >= 11 is 0. The average molecular weight is 440 g/mol. The van der Waals surface area contributed by atoms with Crippen LogP contribution in [0.1, 0.15) is 35.7 Å². The van der Waals surface area contributed by atoms with Crippen molar-refractivity contribution >= 4 is 23.4 Å². The minimum absolute atomic E-state index is 0.247. The number of anilines is 3. The molecule has 5 rings (SSSR count). The molecule has 1 atom stereocenters. The third-order valence-electron chi connectivity index (χ3n) is 6.44. The molecule has 0 bridgehead atoms. The number of piperazine rings is 1. The van der Waals surface area contributed by atoms with Crippen LogP contribution in [0.2, 0.25) is 0 Å². The lowest BCUT2D eigenvalue weighted by molar-refractivity contribution is 0.102. The molecule has 3 aromatic rings. The van der Waals surface area contributed by atoms with E-state index in [-0.39, 0.29) is 17.4 Å². The van der Waals surface area contributed by atoms with Crippen molar-refractivity contribution in [3.8, 4) is 6.07 Å². The number of hydrogen-bond acceptors (Lipinski definition) is 7. The second kappa shape index (κ2) is 8.51. The number of nitrogens with zero attached hydrogens (tertiary/aromatic N) is 6. The first-order chi connectivity index (χ1) is 16.1. The zero-order valence-electron chi connectivity index (χ0n) is 18.5. The lowest BCUT2D eigenvalue weighted by Gasteiger charge is -2.40. The van der Waals surface area contributed by atoms with Gasteiger partial charge in [0, 0.05) is 37.4 Å². The van der Waals surface area contributed by atoms with Crippen molar-refractivity contribution in [1.82, 2.24) is 15.0 Å². The molecular formula is C25H25N7O. The van der Waals surface area contributed by atoms with Gasteiger partial charge >= 0.3 is 0 Å². The first-order valence-electron chi connectivity index (χ1n) is 11.2. The number of rotatable bonds is 5. The van der Waals surface area contributed by atoms with E-state index in [0.29, 0.717) is 11.4 Å². The zero-order chi connectivity index (χ0) is 22.8. The van der Waals surface area contributed by atoms with Crippen molar-refractivity contribution < 1.29 is 4.79 Å². The van der Waals surface area contributed by atoms with Gasteiger partial charge in [-0.15, -0.1) is 0 Å². The van der Waals surface area contributed by atoms with Crippen LogP contribution in [-0.2, 0) is 5.41 Å². The van der Waals surface area contributed by atoms with Crippen LogP contribution < -0.4 is 15.1 Å². The Balaban J connectivity index is 1.20. The Morgan fingerprint density at radius 2 is 1.88 bits per heavy atom. The van der Waals surface area contributed by atoms with Crippen molar-refractivity contribution in [2.24, 2.45) is 0 Å². The Labute approximate surface area is 192 Å². The van der Waals surface area contributed by atoms with Crippen molar-refractivity contribution in [2.75, 3.05) is 34.8 Å². The van der Waals surface area contributed by atoms with Gasteiger partial charge in [0.25, 0.3) is 5.91 Å². The number of carbonyl (C=O) groups excluding carboxylic acids is 1. The summed E-state index contributed by atoms with van der Waals surface area (Å²) in [5.74, 6) is 1.93. The number of benzene rings is 1. The summed E-state index contributed by atoms with van der Waals surface area (Å²) in [6, 6.07) is 15.8. The summed E-state index contributed by atoms with van der Waals surface area (Å²) in [6.45, 7) is 4.67. The quantitative estimate of drug-likeness (QED) is 0.651. The molecule has 0 unspecified atom stereocenters. The van der Waals surface area contributed by atoms with E-state index in [9.17, 15) is 10.1 Å². The molecule has 0 spiro atoms. The van der Waals surface area contributed by atoms with Crippen LogP contribution in [0.25, 0.3) is 0 Å². The average Bonchev–Trinajstić information content (AvgIpc) is 3.67. The van der Waals surface area contributed by atoms with E-state index < -0.39 is 0 Å². The van der Waals surface area contributed by atoms with Gasteiger partial charge in [0.15, 0.2) is 5.82 Å². The van der Waals surface area contributed by atoms with E-state index in [1.54, 1.807) is 24.5 Å². The summed E-state index contributed by atoms with van der Waals surface area (Å²) in [5, 5.41) is 12.1. The minimum Gasteiger partial charge on any atom is -0.353 e. The fourth-order valence-corrected chi connectivity index (χ4v) is 4.30. The molecule has 1 aliphatic heterocycles. The van der Waals surface area contributed by atoms with Gasteiger partial charge < -0.3 is 15.1 Å². The van der Waals surface area contributed by atoms with E-state index in [1.165, 1.54) is 0 Å². The van der Waals surface area contributed by atoms with Crippen LogP contribution in [0.3, 0.4) is 0 Å². The SMILES string of the molecule is C[C@H]1CN(c2ccccn2)CCN1c1cnc(NC(=O)c2ccc(C3(C#N)CC3)cc2)cn1. The first kappa shape index (κ1) is 20.9. The molecule has 1 aliphatic carbocycles. The fraction of sp³-hybridized carbons (Fsp3) is 0.320. The molecule has 2 fully saturated rings. The molecule has 1 saturated heterocycles. The summed E-state index contributed by atoms with van der Waals surface area (Å²) < 4.78 is 0. The molecule has 1 amide bonds. The number of nitriles is 1. The second-order valence-electron chi connectivity index (χ2n) is 8.66. The van der Waals surface area contributed by atoms with Gasteiger partial charge in [-0.3, -0.25) is 4.79 Å². The Bertz CT molecular complexity index is 1170. The van der Waals surface area contributed by atoms with Crippen molar-refractivity contribution in [3.63, 3.8) is 0 Å². The van der Waals surface area contributed by atoms with Gasteiger partial charge in [-0.2, -0.15) is 5.26 Å². The third-order valence-corrected chi connectivity index (χ3v) is 6.44. The maximum absolute atomic E-state index is 12.6. The Morgan fingerprint density at radius 1 is 1.06 bits per heavy atom. The smallest absolute Gasteiger partial charge is 0.256 e. The highest BCUT2D eigenvalue weighted by atomic mass is 16.1. The number of amides is 1. The molecule has 8 nitrogen and oxygen atoms in total. The fourth-order valence-electron chi connectivity index (χ4n) is 4.30. The highest BCUT2D eigenvalue weighted by Crippen LogP contribution is 2.47. The molecule has 8 heteroatoms. The van der Waals surface area contributed by atoms with E-state index in [2.05, 4.69) is 43.1 Å². The van der Waals surface area contributed by atoms with Crippen LogP contribution in [0.5, 0.6) is 0 Å². The van der Waals surface area contributed by atoms with Crippen LogP contribution >= 0.6 is 0 Å². The minimum atomic E-state index is -0.351. The van der Waals surface area contributed by atoms with Crippen LogP contribution in [0.4, 0.5) is 17.5 Å². The number of carbonyl (C=O) groups is 1. The molecule has 166 valence electrons. The lowest BCUT2D eigenvalue weighted by atomic mass is 9.96. The topological polar surface area (TPSA) is 98.0 Å². The molecule has 3 heterocycles. The van der Waals surface area contributed by atoms with E-state index in [0.717, 1.165) is 49.7 Å². The van der Waals surface area contributed by atoms with Gasteiger partial charge in [-0.25, -0.2) is 15.0 Å². The largest absolute Gasteiger partial charge is 0.353 e. The molecule has 1 N–H and O–H groups in total. The maximum Gasteiger partial charge on any atom is 0.256 e.